The number of hydrogen-bond acceptors (Lipinski definition) is 6. The van der Waals surface area contributed by atoms with E-state index in [4.69, 9.17) is 0 Å². The number of thiazole rings is 1. The molecular formula is C21H15N5OS. The van der Waals surface area contributed by atoms with Crippen molar-refractivity contribution in [2.45, 2.75) is 13.8 Å². The first kappa shape index (κ1) is 17.8. The Kier molecular flexibility index (Phi) is 4.55. The molecule has 0 aliphatic rings. The molecule has 0 unspecified atom stereocenters. The van der Waals surface area contributed by atoms with E-state index in [1.165, 1.54) is 18.3 Å². The van der Waals surface area contributed by atoms with E-state index in [1.807, 2.05) is 37.3 Å². The smallest absolute Gasteiger partial charge is 0.223 e. The van der Waals surface area contributed by atoms with Crippen molar-refractivity contribution in [3.63, 3.8) is 0 Å². The molecule has 0 saturated carbocycles. The van der Waals surface area contributed by atoms with Crippen molar-refractivity contribution in [2.75, 3.05) is 5.32 Å². The Morgan fingerprint density at radius 2 is 2.00 bits per heavy atom. The maximum absolute atomic E-state index is 11.5. The lowest BCUT2D eigenvalue weighted by Crippen LogP contribution is -2.04. The van der Waals surface area contributed by atoms with Crippen molar-refractivity contribution in [1.82, 2.24) is 15.0 Å². The number of aryl methyl sites for hydroxylation is 1. The maximum Gasteiger partial charge on any atom is 0.223 e. The van der Waals surface area contributed by atoms with Crippen LogP contribution in [0.3, 0.4) is 0 Å². The molecule has 0 fully saturated rings. The summed E-state index contributed by atoms with van der Waals surface area (Å²) in [7, 11) is 0. The number of nitrogens with one attached hydrogen (secondary N) is 1. The molecule has 2 heterocycles. The molecule has 4 rings (SSSR count). The van der Waals surface area contributed by atoms with Crippen LogP contribution in [0.5, 0.6) is 0 Å². The number of amides is 1. The topological polar surface area (TPSA) is 91.6 Å². The predicted octanol–water partition coefficient (Wildman–Crippen LogP) is 4.56. The minimum absolute atomic E-state index is 0.180. The van der Waals surface area contributed by atoms with Crippen LogP contribution in [0.1, 0.15) is 18.2 Å². The second-order valence-electron chi connectivity index (χ2n) is 6.26. The Morgan fingerprint density at radius 3 is 2.79 bits per heavy atom. The van der Waals surface area contributed by atoms with E-state index in [0.29, 0.717) is 10.7 Å². The minimum Gasteiger partial charge on any atom is -0.302 e. The van der Waals surface area contributed by atoms with Gasteiger partial charge in [-0.05, 0) is 36.8 Å². The van der Waals surface area contributed by atoms with E-state index in [1.54, 1.807) is 18.5 Å². The van der Waals surface area contributed by atoms with Gasteiger partial charge in [-0.3, -0.25) is 4.79 Å². The van der Waals surface area contributed by atoms with Gasteiger partial charge in [-0.25, -0.2) is 15.0 Å². The number of fused-ring (bicyclic) bond motifs is 1. The zero-order valence-electron chi connectivity index (χ0n) is 15.2. The quantitative estimate of drug-likeness (QED) is 0.558. The largest absolute Gasteiger partial charge is 0.302 e. The highest BCUT2D eigenvalue weighted by Gasteiger charge is 2.17. The molecule has 0 saturated heterocycles. The van der Waals surface area contributed by atoms with E-state index in [2.05, 4.69) is 26.3 Å². The van der Waals surface area contributed by atoms with Crippen molar-refractivity contribution in [3.8, 4) is 27.8 Å². The van der Waals surface area contributed by atoms with Crippen LogP contribution in [0.15, 0.2) is 48.8 Å². The van der Waals surface area contributed by atoms with Gasteiger partial charge in [0.15, 0.2) is 5.13 Å². The van der Waals surface area contributed by atoms with Crippen LogP contribution in [0.4, 0.5) is 5.13 Å². The molecule has 6 nitrogen and oxygen atoms in total. The Morgan fingerprint density at radius 1 is 1.14 bits per heavy atom. The van der Waals surface area contributed by atoms with Crippen LogP contribution in [-0.4, -0.2) is 20.9 Å². The molecule has 2 aromatic heterocycles. The van der Waals surface area contributed by atoms with Gasteiger partial charge in [0.2, 0.25) is 5.91 Å². The molecule has 1 N–H and O–H groups in total. The average molecular weight is 385 g/mol. The molecular weight excluding hydrogens is 370 g/mol. The molecule has 0 radical (unpaired) electrons. The summed E-state index contributed by atoms with van der Waals surface area (Å²) in [4.78, 5) is 25.6. The second kappa shape index (κ2) is 7.18. The summed E-state index contributed by atoms with van der Waals surface area (Å²) in [6, 6.07) is 15.4. The summed E-state index contributed by atoms with van der Waals surface area (Å²) >= 11 is 1.40. The van der Waals surface area contributed by atoms with E-state index >= 15 is 0 Å². The number of carbonyl (C=O) groups excluding carboxylic acids is 1. The zero-order chi connectivity index (χ0) is 19.7. The number of carbonyl (C=O) groups is 1. The zero-order valence-corrected chi connectivity index (χ0v) is 16.0. The van der Waals surface area contributed by atoms with Gasteiger partial charge in [-0.1, -0.05) is 29.5 Å². The molecule has 7 heteroatoms. The molecule has 136 valence electrons. The minimum atomic E-state index is -0.180. The van der Waals surface area contributed by atoms with Crippen molar-refractivity contribution in [3.05, 3.63) is 60.0 Å². The summed E-state index contributed by atoms with van der Waals surface area (Å²) in [5.74, 6) is -0.180. The lowest BCUT2D eigenvalue weighted by Gasteiger charge is -2.06. The van der Waals surface area contributed by atoms with Crippen molar-refractivity contribution in [1.29, 1.82) is 5.26 Å². The van der Waals surface area contributed by atoms with Crippen molar-refractivity contribution in [2.24, 2.45) is 0 Å². The molecule has 28 heavy (non-hydrogen) atoms. The summed E-state index contributed by atoms with van der Waals surface area (Å²) in [6.07, 6.45) is 1.55. The number of nitriles is 1. The first-order valence-corrected chi connectivity index (χ1v) is 9.37. The highest BCUT2D eigenvalue weighted by Crippen LogP contribution is 2.40. The molecule has 0 spiro atoms. The molecule has 4 aromatic rings. The van der Waals surface area contributed by atoms with Gasteiger partial charge in [0.25, 0.3) is 0 Å². The molecule has 1 amide bonds. The Labute approximate surface area is 165 Å². The second-order valence-corrected chi connectivity index (χ2v) is 7.26. The average Bonchev–Trinajstić information content (AvgIpc) is 3.11. The molecule has 0 aliphatic heterocycles. The first-order valence-electron chi connectivity index (χ1n) is 8.56. The van der Waals surface area contributed by atoms with E-state index < -0.39 is 0 Å². The summed E-state index contributed by atoms with van der Waals surface area (Å²) in [5.41, 5.74) is 4.82. The third-order valence-electron chi connectivity index (χ3n) is 4.27. The van der Waals surface area contributed by atoms with Crippen molar-refractivity contribution < 1.29 is 4.79 Å². The fraction of sp³-hybridized carbons (Fsp3) is 0.0952. The normalized spacial score (nSPS) is 10.6. The van der Waals surface area contributed by atoms with Crippen LogP contribution in [0, 0.1) is 18.3 Å². The first-order chi connectivity index (χ1) is 13.5. The predicted molar refractivity (Wildman–Crippen MR) is 110 cm³/mol. The van der Waals surface area contributed by atoms with Crippen LogP contribution in [0.2, 0.25) is 0 Å². The van der Waals surface area contributed by atoms with Crippen LogP contribution in [0.25, 0.3) is 32.6 Å². The number of nitrogens with zero attached hydrogens (tertiary/aromatic N) is 4. The number of hydrogen-bond donors (Lipinski definition) is 1. The highest BCUT2D eigenvalue weighted by atomic mass is 32.1. The lowest BCUT2D eigenvalue weighted by molar-refractivity contribution is -0.114. The molecule has 0 aliphatic carbocycles. The Hall–Kier alpha value is -3.63. The molecule has 2 aromatic carbocycles. The summed E-state index contributed by atoms with van der Waals surface area (Å²) in [5, 5.41) is 13.5. The van der Waals surface area contributed by atoms with Crippen LogP contribution in [-0.2, 0) is 4.79 Å². The van der Waals surface area contributed by atoms with Gasteiger partial charge >= 0.3 is 0 Å². The number of anilines is 1. The summed E-state index contributed by atoms with van der Waals surface area (Å²) < 4.78 is 0. The maximum atomic E-state index is 11.5. The SMILES string of the molecule is CC(=O)Nc1nc(-c2cccc(C#N)c2)c(-c2ccc3ncnc(C)c3c2)s1. The number of benzene rings is 2. The van der Waals surface area contributed by atoms with Gasteiger partial charge in [-0.2, -0.15) is 5.26 Å². The van der Waals surface area contributed by atoms with Gasteiger partial charge < -0.3 is 5.32 Å². The van der Waals surface area contributed by atoms with Crippen molar-refractivity contribution >= 4 is 33.3 Å². The molecule has 0 bridgehead atoms. The van der Waals surface area contributed by atoms with Crippen LogP contribution >= 0.6 is 11.3 Å². The fourth-order valence-electron chi connectivity index (χ4n) is 2.98. The number of rotatable bonds is 3. The third-order valence-corrected chi connectivity index (χ3v) is 5.29. The van der Waals surface area contributed by atoms with Gasteiger partial charge in [-0.15, -0.1) is 0 Å². The Balaban J connectivity index is 1.92. The number of aromatic nitrogens is 3. The van der Waals surface area contributed by atoms with E-state index in [9.17, 15) is 10.1 Å². The van der Waals surface area contributed by atoms with E-state index in [-0.39, 0.29) is 5.91 Å². The van der Waals surface area contributed by atoms with Gasteiger partial charge in [0, 0.05) is 23.6 Å². The van der Waals surface area contributed by atoms with Crippen LogP contribution < -0.4 is 5.32 Å². The summed E-state index contributed by atoms with van der Waals surface area (Å²) in [6.45, 7) is 3.40. The molecule has 0 atom stereocenters. The standard InChI is InChI=1S/C21H15N5OS/c1-12-17-9-16(6-7-18(17)24-11-23-12)20-19(26-21(28-20)25-13(2)27)15-5-3-4-14(8-15)10-22/h3-9,11H,1-2H3,(H,25,26,27). The third kappa shape index (κ3) is 3.33. The van der Waals surface area contributed by atoms with E-state index in [0.717, 1.165) is 38.3 Å². The fourth-order valence-corrected chi connectivity index (χ4v) is 4.01. The monoisotopic (exact) mass is 385 g/mol. The highest BCUT2D eigenvalue weighted by molar-refractivity contribution is 7.19. The lowest BCUT2D eigenvalue weighted by atomic mass is 10.0. The van der Waals surface area contributed by atoms with Gasteiger partial charge in [0.1, 0.15) is 6.33 Å². The Bertz CT molecular complexity index is 1260. The van der Waals surface area contributed by atoms with Gasteiger partial charge in [0.05, 0.1) is 27.7 Å².